The number of hydrogen-bond acceptors (Lipinski definition) is 3. The van der Waals surface area contributed by atoms with Crippen LogP contribution < -0.4 is 10.5 Å². The number of ether oxygens (including phenoxy) is 1. The molecule has 0 aliphatic heterocycles. The van der Waals surface area contributed by atoms with Crippen molar-refractivity contribution in [2.75, 3.05) is 13.2 Å². The van der Waals surface area contributed by atoms with Crippen LogP contribution in [0, 0.1) is 0 Å². The first-order valence-corrected chi connectivity index (χ1v) is 5.53. The van der Waals surface area contributed by atoms with Gasteiger partial charge in [0.2, 0.25) is 0 Å². The second kappa shape index (κ2) is 4.53. The molecule has 4 nitrogen and oxygen atoms in total. The Morgan fingerprint density at radius 2 is 2.25 bits per heavy atom. The van der Waals surface area contributed by atoms with Crippen LogP contribution >= 0.6 is 0 Å². The van der Waals surface area contributed by atoms with Gasteiger partial charge in [0.05, 0.1) is 11.2 Å². The molecular weight excluding hydrogens is 202 g/mol. The van der Waals surface area contributed by atoms with Gasteiger partial charge in [-0.05, 0) is 18.1 Å². The first-order chi connectivity index (χ1) is 7.72. The third kappa shape index (κ3) is 2.02. The maximum Gasteiger partial charge on any atom is 0.121 e. The van der Waals surface area contributed by atoms with E-state index >= 15 is 0 Å². The summed E-state index contributed by atoms with van der Waals surface area (Å²) < 4.78 is 5.46. The van der Waals surface area contributed by atoms with Crippen molar-refractivity contribution in [2.24, 2.45) is 5.73 Å². The average molecular weight is 219 g/mol. The molecule has 0 aliphatic rings. The monoisotopic (exact) mass is 219 g/mol. The van der Waals surface area contributed by atoms with E-state index in [0.717, 1.165) is 22.3 Å². The van der Waals surface area contributed by atoms with Crippen molar-refractivity contribution in [3.63, 3.8) is 0 Å². The Balaban J connectivity index is 2.33. The predicted molar refractivity (Wildman–Crippen MR) is 64.7 cm³/mol. The van der Waals surface area contributed by atoms with Crippen LogP contribution in [-0.2, 0) is 0 Å². The summed E-state index contributed by atoms with van der Waals surface area (Å²) in [5.41, 5.74) is 7.50. The maximum atomic E-state index is 5.46. The minimum atomic E-state index is 0.421. The molecular formula is C12H17N3O. The zero-order chi connectivity index (χ0) is 11.5. The van der Waals surface area contributed by atoms with E-state index in [9.17, 15) is 0 Å². The summed E-state index contributed by atoms with van der Waals surface area (Å²) in [7, 11) is 0. The molecule has 0 aliphatic carbocycles. The predicted octanol–water partition coefficient (Wildman–Crippen LogP) is 2.02. The molecule has 1 aromatic carbocycles. The molecule has 16 heavy (non-hydrogen) atoms. The molecule has 0 fully saturated rings. The number of benzene rings is 1. The van der Waals surface area contributed by atoms with Gasteiger partial charge in [0.15, 0.2) is 0 Å². The van der Waals surface area contributed by atoms with E-state index in [-0.39, 0.29) is 0 Å². The van der Waals surface area contributed by atoms with Gasteiger partial charge in [0, 0.05) is 18.0 Å². The lowest BCUT2D eigenvalue weighted by Gasteiger charge is -2.04. The van der Waals surface area contributed by atoms with E-state index in [1.165, 1.54) is 0 Å². The van der Waals surface area contributed by atoms with Gasteiger partial charge in [0.25, 0.3) is 0 Å². The van der Waals surface area contributed by atoms with Crippen molar-refractivity contribution in [3.05, 3.63) is 23.9 Å². The van der Waals surface area contributed by atoms with Crippen molar-refractivity contribution in [3.8, 4) is 5.75 Å². The first kappa shape index (κ1) is 11.0. The molecule has 0 bridgehead atoms. The highest BCUT2D eigenvalue weighted by Gasteiger charge is 2.09. The number of nitrogens with one attached hydrogen (secondary N) is 1. The molecule has 0 spiro atoms. The Labute approximate surface area is 94.8 Å². The number of rotatable bonds is 4. The second-order valence-electron chi connectivity index (χ2n) is 4.11. The van der Waals surface area contributed by atoms with Crippen LogP contribution in [0.4, 0.5) is 0 Å². The lowest BCUT2D eigenvalue weighted by atomic mass is 10.1. The highest BCUT2D eigenvalue weighted by Crippen LogP contribution is 2.25. The summed E-state index contributed by atoms with van der Waals surface area (Å²) in [5.74, 6) is 1.25. The van der Waals surface area contributed by atoms with Gasteiger partial charge in [-0.2, -0.15) is 5.10 Å². The fourth-order valence-corrected chi connectivity index (χ4v) is 1.73. The van der Waals surface area contributed by atoms with Crippen LogP contribution in [0.1, 0.15) is 25.5 Å². The van der Waals surface area contributed by atoms with Crippen LogP contribution in [0.25, 0.3) is 10.9 Å². The molecule has 2 rings (SSSR count). The fourth-order valence-electron chi connectivity index (χ4n) is 1.73. The Morgan fingerprint density at radius 3 is 2.94 bits per heavy atom. The second-order valence-corrected chi connectivity index (χ2v) is 4.11. The van der Waals surface area contributed by atoms with Crippen molar-refractivity contribution in [1.82, 2.24) is 10.2 Å². The number of hydrogen-bond donors (Lipinski definition) is 2. The summed E-state index contributed by atoms with van der Waals surface area (Å²) in [6.45, 7) is 5.33. The molecule has 0 unspecified atom stereocenters. The van der Waals surface area contributed by atoms with Crippen molar-refractivity contribution in [2.45, 2.75) is 19.8 Å². The molecule has 0 saturated heterocycles. The molecule has 0 radical (unpaired) electrons. The van der Waals surface area contributed by atoms with E-state index in [4.69, 9.17) is 10.5 Å². The third-order valence-corrected chi connectivity index (χ3v) is 2.50. The maximum absolute atomic E-state index is 5.46. The van der Waals surface area contributed by atoms with Gasteiger partial charge in [-0.15, -0.1) is 0 Å². The van der Waals surface area contributed by atoms with Gasteiger partial charge in [-0.1, -0.05) is 13.8 Å². The Hall–Kier alpha value is -1.55. The zero-order valence-corrected chi connectivity index (χ0v) is 9.66. The highest BCUT2D eigenvalue weighted by atomic mass is 16.5. The smallest absolute Gasteiger partial charge is 0.121 e. The van der Waals surface area contributed by atoms with Gasteiger partial charge in [-0.3, -0.25) is 5.10 Å². The fraction of sp³-hybridized carbons (Fsp3) is 0.417. The summed E-state index contributed by atoms with van der Waals surface area (Å²) in [5, 5.41) is 8.50. The van der Waals surface area contributed by atoms with Crippen molar-refractivity contribution in [1.29, 1.82) is 0 Å². The SMILES string of the molecule is CC(C)c1n[nH]c2cc(OCCN)ccc12. The largest absolute Gasteiger partial charge is 0.492 e. The Morgan fingerprint density at radius 1 is 1.44 bits per heavy atom. The third-order valence-electron chi connectivity index (χ3n) is 2.50. The summed E-state index contributed by atoms with van der Waals surface area (Å²) in [6.07, 6.45) is 0. The van der Waals surface area contributed by atoms with Crippen LogP contribution in [0.15, 0.2) is 18.2 Å². The molecule has 3 N–H and O–H groups in total. The summed E-state index contributed by atoms with van der Waals surface area (Å²) in [6, 6.07) is 5.96. The Kier molecular flexibility index (Phi) is 3.10. The lowest BCUT2D eigenvalue weighted by Crippen LogP contribution is -2.10. The van der Waals surface area contributed by atoms with Crippen molar-refractivity contribution < 1.29 is 4.74 Å². The minimum absolute atomic E-state index is 0.421. The number of aromatic amines is 1. The standard InChI is InChI=1S/C12H17N3O/c1-8(2)12-10-4-3-9(16-6-5-13)7-11(10)14-15-12/h3-4,7-8H,5-6,13H2,1-2H3,(H,14,15). The Bertz CT molecular complexity index is 476. The molecule has 4 heteroatoms. The molecule has 1 aromatic heterocycles. The molecule has 86 valence electrons. The minimum Gasteiger partial charge on any atom is -0.492 e. The number of nitrogens with zero attached hydrogens (tertiary/aromatic N) is 1. The van der Waals surface area contributed by atoms with E-state index in [1.54, 1.807) is 0 Å². The number of H-pyrrole nitrogens is 1. The summed E-state index contributed by atoms with van der Waals surface area (Å²) in [4.78, 5) is 0. The molecule has 2 aromatic rings. The van der Waals surface area contributed by atoms with Crippen LogP contribution in [0.2, 0.25) is 0 Å². The van der Waals surface area contributed by atoms with Crippen LogP contribution in [-0.4, -0.2) is 23.3 Å². The summed E-state index contributed by atoms with van der Waals surface area (Å²) >= 11 is 0. The van der Waals surface area contributed by atoms with Crippen LogP contribution in [0.3, 0.4) is 0 Å². The number of nitrogens with two attached hydrogens (primary N) is 1. The molecule has 1 heterocycles. The zero-order valence-electron chi connectivity index (χ0n) is 9.66. The molecule has 0 atom stereocenters. The van der Waals surface area contributed by atoms with Crippen LogP contribution in [0.5, 0.6) is 5.75 Å². The van der Waals surface area contributed by atoms with Gasteiger partial charge in [0.1, 0.15) is 12.4 Å². The van der Waals surface area contributed by atoms with Gasteiger partial charge < -0.3 is 10.5 Å². The van der Waals surface area contributed by atoms with E-state index < -0.39 is 0 Å². The highest BCUT2D eigenvalue weighted by molar-refractivity contribution is 5.83. The van der Waals surface area contributed by atoms with E-state index in [2.05, 4.69) is 24.0 Å². The topological polar surface area (TPSA) is 63.9 Å². The number of fused-ring (bicyclic) bond motifs is 1. The van der Waals surface area contributed by atoms with Gasteiger partial charge in [-0.25, -0.2) is 0 Å². The number of aromatic nitrogens is 2. The lowest BCUT2D eigenvalue weighted by molar-refractivity contribution is 0.328. The first-order valence-electron chi connectivity index (χ1n) is 5.53. The van der Waals surface area contributed by atoms with Gasteiger partial charge >= 0.3 is 0 Å². The van der Waals surface area contributed by atoms with E-state index in [0.29, 0.717) is 19.1 Å². The average Bonchev–Trinajstić information content (AvgIpc) is 2.69. The molecule has 0 amide bonds. The van der Waals surface area contributed by atoms with Crippen molar-refractivity contribution >= 4 is 10.9 Å². The van der Waals surface area contributed by atoms with E-state index in [1.807, 2.05) is 18.2 Å². The quantitative estimate of drug-likeness (QED) is 0.827. The molecule has 0 saturated carbocycles. The normalized spacial score (nSPS) is 11.2.